The van der Waals surface area contributed by atoms with E-state index in [1.54, 1.807) is 4.90 Å². The molecular formula is C25H22N2O2. The second-order valence-electron chi connectivity index (χ2n) is 7.94. The summed E-state index contributed by atoms with van der Waals surface area (Å²) >= 11 is 0. The largest absolute Gasteiger partial charge is 0.326 e. The Morgan fingerprint density at radius 1 is 0.966 bits per heavy atom. The Morgan fingerprint density at radius 2 is 1.79 bits per heavy atom. The Labute approximate surface area is 170 Å². The van der Waals surface area contributed by atoms with E-state index in [1.165, 1.54) is 22.3 Å². The number of hydrogen-bond donors (Lipinski definition) is 1. The lowest BCUT2D eigenvalue weighted by atomic mass is 10.0. The highest BCUT2D eigenvalue weighted by molar-refractivity contribution is 6.03. The molecule has 1 saturated heterocycles. The minimum Gasteiger partial charge on any atom is -0.326 e. The Kier molecular flexibility index (Phi) is 4.20. The number of aryl methyl sites for hydroxylation is 1. The zero-order valence-electron chi connectivity index (χ0n) is 16.3. The first-order valence-corrected chi connectivity index (χ1v) is 9.97. The molecule has 1 unspecified atom stereocenters. The lowest BCUT2D eigenvalue weighted by Gasteiger charge is -2.17. The van der Waals surface area contributed by atoms with Crippen molar-refractivity contribution < 1.29 is 9.59 Å². The fourth-order valence-electron chi connectivity index (χ4n) is 4.40. The van der Waals surface area contributed by atoms with Crippen LogP contribution < -0.4 is 10.2 Å². The van der Waals surface area contributed by atoms with Crippen LogP contribution in [0.5, 0.6) is 0 Å². The molecule has 0 saturated carbocycles. The van der Waals surface area contributed by atoms with Crippen molar-refractivity contribution in [3.05, 3.63) is 83.4 Å². The van der Waals surface area contributed by atoms with E-state index in [0.717, 1.165) is 23.4 Å². The second-order valence-corrected chi connectivity index (χ2v) is 7.94. The normalized spacial score (nSPS) is 17.2. The van der Waals surface area contributed by atoms with Crippen molar-refractivity contribution in [1.29, 1.82) is 0 Å². The molecule has 2 amide bonds. The third-order valence-corrected chi connectivity index (χ3v) is 5.87. The van der Waals surface area contributed by atoms with E-state index in [1.807, 2.05) is 37.3 Å². The SMILES string of the molecule is Cc1cccc(N2CC(C(=O)Nc3ccc4c(c3)Cc3ccccc3-4)CC2=O)c1. The summed E-state index contributed by atoms with van der Waals surface area (Å²) in [7, 11) is 0. The molecule has 1 fully saturated rings. The first kappa shape index (κ1) is 17.7. The summed E-state index contributed by atoms with van der Waals surface area (Å²) in [5.74, 6) is -0.433. The summed E-state index contributed by atoms with van der Waals surface area (Å²) in [5, 5.41) is 3.03. The topological polar surface area (TPSA) is 49.4 Å². The number of anilines is 2. The average Bonchev–Trinajstić information content (AvgIpc) is 3.28. The zero-order valence-corrected chi connectivity index (χ0v) is 16.3. The van der Waals surface area contributed by atoms with Crippen LogP contribution >= 0.6 is 0 Å². The number of rotatable bonds is 3. The molecule has 0 aromatic heterocycles. The molecule has 3 aromatic rings. The van der Waals surface area contributed by atoms with Crippen molar-refractivity contribution in [3.63, 3.8) is 0 Å². The van der Waals surface area contributed by atoms with Crippen LogP contribution in [-0.2, 0) is 16.0 Å². The highest BCUT2D eigenvalue weighted by Crippen LogP contribution is 2.37. The number of carbonyl (C=O) groups excluding carboxylic acids is 2. The maximum absolute atomic E-state index is 12.8. The molecule has 1 heterocycles. The number of carbonyl (C=O) groups is 2. The van der Waals surface area contributed by atoms with Gasteiger partial charge in [0.05, 0.1) is 5.92 Å². The van der Waals surface area contributed by atoms with Gasteiger partial charge in [-0.2, -0.15) is 0 Å². The molecule has 4 nitrogen and oxygen atoms in total. The van der Waals surface area contributed by atoms with Crippen molar-refractivity contribution in [2.45, 2.75) is 19.8 Å². The molecule has 1 aliphatic heterocycles. The molecule has 1 N–H and O–H groups in total. The molecule has 5 rings (SSSR count). The smallest absolute Gasteiger partial charge is 0.229 e. The fraction of sp³-hybridized carbons (Fsp3) is 0.200. The molecule has 0 bridgehead atoms. The molecule has 1 aliphatic carbocycles. The van der Waals surface area contributed by atoms with Crippen molar-refractivity contribution >= 4 is 23.2 Å². The number of benzene rings is 3. The van der Waals surface area contributed by atoms with Gasteiger partial charge in [0.1, 0.15) is 0 Å². The summed E-state index contributed by atoms with van der Waals surface area (Å²) in [5.41, 5.74) is 7.82. The summed E-state index contributed by atoms with van der Waals surface area (Å²) in [6.07, 6.45) is 1.13. The summed E-state index contributed by atoms with van der Waals surface area (Å²) in [6, 6.07) is 22.3. The van der Waals surface area contributed by atoms with E-state index in [9.17, 15) is 9.59 Å². The molecule has 29 heavy (non-hydrogen) atoms. The quantitative estimate of drug-likeness (QED) is 0.565. The van der Waals surface area contributed by atoms with Gasteiger partial charge >= 0.3 is 0 Å². The van der Waals surface area contributed by atoms with Crippen LogP contribution in [0.25, 0.3) is 11.1 Å². The Bertz CT molecular complexity index is 1140. The predicted molar refractivity (Wildman–Crippen MR) is 115 cm³/mol. The van der Waals surface area contributed by atoms with Crippen LogP contribution in [0.4, 0.5) is 11.4 Å². The molecule has 3 aromatic carbocycles. The molecule has 144 valence electrons. The number of hydrogen-bond acceptors (Lipinski definition) is 2. The standard InChI is InChI=1S/C25H22N2O2/c1-16-5-4-7-21(11-16)27-15-19(14-24(27)28)25(29)26-20-9-10-23-18(13-20)12-17-6-2-3-8-22(17)23/h2-11,13,19H,12,14-15H2,1H3,(H,26,29). The van der Waals surface area contributed by atoms with E-state index >= 15 is 0 Å². The summed E-state index contributed by atoms with van der Waals surface area (Å²) in [6.45, 7) is 2.42. The van der Waals surface area contributed by atoms with E-state index in [0.29, 0.717) is 6.54 Å². The first-order valence-electron chi connectivity index (χ1n) is 9.97. The van der Waals surface area contributed by atoms with Crippen LogP contribution in [0, 0.1) is 12.8 Å². The van der Waals surface area contributed by atoms with E-state index in [-0.39, 0.29) is 24.2 Å². The minimum atomic E-state index is -0.339. The minimum absolute atomic E-state index is 0.000142. The van der Waals surface area contributed by atoms with E-state index in [4.69, 9.17) is 0 Å². The summed E-state index contributed by atoms with van der Waals surface area (Å²) in [4.78, 5) is 27.0. The van der Waals surface area contributed by atoms with Crippen LogP contribution in [0.15, 0.2) is 66.7 Å². The Hall–Kier alpha value is -3.40. The fourth-order valence-corrected chi connectivity index (χ4v) is 4.40. The van der Waals surface area contributed by atoms with Crippen LogP contribution in [0.3, 0.4) is 0 Å². The number of nitrogens with one attached hydrogen (secondary N) is 1. The lowest BCUT2D eigenvalue weighted by Crippen LogP contribution is -2.28. The van der Waals surface area contributed by atoms with Gasteiger partial charge in [0.25, 0.3) is 0 Å². The second kappa shape index (κ2) is 6.89. The Balaban J connectivity index is 1.30. The van der Waals surface area contributed by atoms with Gasteiger partial charge in [0.2, 0.25) is 11.8 Å². The number of nitrogens with zero attached hydrogens (tertiary/aromatic N) is 1. The molecule has 2 aliphatic rings. The van der Waals surface area contributed by atoms with Gasteiger partial charge < -0.3 is 10.2 Å². The van der Waals surface area contributed by atoms with Gasteiger partial charge in [-0.3, -0.25) is 9.59 Å². The predicted octanol–water partition coefficient (Wildman–Crippen LogP) is 4.56. The third kappa shape index (κ3) is 3.21. The maximum Gasteiger partial charge on any atom is 0.229 e. The highest BCUT2D eigenvalue weighted by Gasteiger charge is 2.35. The van der Waals surface area contributed by atoms with Gasteiger partial charge in [-0.05, 0) is 65.4 Å². The van der Waals surface area contributed by atoms with Gasteiger partial charge in [0.15, 0.2) is 0 Å². The molecule has 4 heteroatoms. The van der Waals surface area contributed by atoms with Crippen molar-refractivity contribution in [1.82, 2.24) is 0 Å². The van der Waals surface area contributed by atoms with Crippen LogP contribution in [-0.4, -0.2) is 18.4 Å². The molecular weight excluding hydrogens is 360 g/mol. The first-order chi connectivity index (χ1) is 14.1. The van der Waals surface area contributed by atoms with E-state index < -0.39 is 0 Å². The van der Waals surface area contributed by atoms with Crippen molar-refractivity contribution in [3.8, 4) is 11.1 Å². The lowest BCUT2D eigenvalue weighted by molar-refractivity contribution is -0.122. The third-order valence-electron chi connectivity index (χ3n) is 5.87. The van der Waals surface area contributed by atoms with Gasteiger partial charge in [-0.15, -0.1) is 0 Å². The van der Waals surface area contributed by atoms with Crippen molar-refractivity contribution in [2.75, 3.05) is 16.8 Å². The molecule has 0 spiro atoms. The zero-order chi connectivity index (χ0) is 20.0. The molecule has 0 radical (unpaired) electrons. The van der Waals surface area contributed by atoms with Gasteiger partial charge in [-0.1, -0.05) is 42.5 Å². The Morgan fingerprint density at radius 3 is 2.66 bits per heavy atom. The number of fused-ring (bicyclic) bond motifs is 3. The monoisotopic (exact) mass is 382 g/mol. The van der Waals surface area contributed by atoms with E-state index in [2.05, 4.69) is 41.7 Å². The van der Waals surface area contributed by atoms with Gasteiger partial charge in [-0.25, -0.2) is 0 Å². The summed E-state index contributed by atoms with van der Waals surface area (Å²) < 4.78 is 0. The van der Waals surface area contributed by atoms with Crippen LogP contribution in [0.1, 0.15) is 23.1 Å². The maximum atomic E-state index is 12.8. The van der Waals surface area contributed by atoms with Gasteiger partial charge in [0, 0.05) is 24.3 Å². The highest BCUT2D eigenvalue weighted by atomic mass is 16.2. The molecule has 1 atom stereocenters. The van der Waals surface area contributed by atoms with Crippen molar-refractivity contribution in [2.24, 2.45) is 5.92 Å². The number of amides is 2. The average molecular weight is 382 g/mol. The van der Waals surface area contributed by atoms with Crippen LogP contribution in [0.2, 0.25) is 0 Å².